The molecule has 1 aromatic carbocycles. The Morgan fingerprint density at radius 1 is 1.30 bits per heavy atom. The summed E-state index contributed by atoms with van der Waals surface area (Å²) in [7, 11) is 1.43. The number of benzene rings is 1. The molecule has 0 radical (unpaired) electrons. The smallest absolute Gasteiger partial charge is 0.273 e. The highest BCUT2D eigenvalue weighted by atomic mass is 19.1. The molecule has 172 valence electrons. The summed E-state index contributed by atoms with van der Waals surface area (Å²) in [6.45, 7) is -3.37. The molecule has 3 aromatic rings. The van der Waals surface area contributed by atoms with Gasteiger partial charge in [0.2, 0.25) is 5.91 Å². The molecule has 0 unspecified atom stereocenters. The third-order valence-electron chi connectivity index (χ3n) is 4.91. The number of rotatable bonds is 9. The molecule has 0 saturated heterocycles. The lowest BCUT2D eigenvalue weighted by Gasteiger charge is -2.16. The van der Waals surface area contributed by atoms with Gasteiger partial charge in [-0.25, -0.2) is 4.39 Å². The monoisotopic (exact) mass is 457 g/mol. The minimum absolute atomic E-state index is 0.000256. The molecule has 2 aromatic heterocycles. The number of hydrogen-bond acceptors (Lipinski definition) is 8. The van der Waals surface area contributed by atoms with Crippen molar-refractivity contribution in [1.29, 1.82) is 0 Å². The molecular formula is C21H23FN8O3. The van der Waals surface area contributed by atoms with Crippen molar-refractivity contribution >= 4 is 29.0 Å². The van der Waals surface area contributed by atoms with Gasteiger partial charge in [0.05, 0.1) is 31.2 Å². The second-order valence-electron chi connectivity index (χ2n) is 7.24. The zero-order chi connectivity index (χ0) is 25.9. The Balaban J connectivity index is 1.70. The van der Waals surface area contributed by atoms with E-state index in [0.717, 1.165) is 12.8 Å². The van der Waals surface area contributed by atoms with Crippen LogP contribution in [-0.4, -0.2) is 57.8 Å². The Morgan fingerprint density at radius 3 is 2.88 bits per heavy atom. The van der Waals surface area contributed by atoms with Gasteiger partial charge in [-0.05, 0) is 25.0 Å². The summed E-state index contributed by atoms with van der Waals surface area (Å²) in [4.78, 5) is 26.1. The number of aryl methyl sites for hydroxylation is 1. The highest BCUT2D eigenvalue weighted by Crippen LogP contribution is 2.37. The molecule has 11 nitrogen and oxygen atoms in total. The van der Waals surface area contributed by atoms with Crippen LogP contribution >= 0.6 is 0 Å². The number of aromatic nitrogens is 5. The largest absolute Gasteiger partial charge is 0.494 e. The number of nitrogens with one attached hydrogen (secondary N) is 3. The Morgan fingerprint density at radius 2 is 2.15 bits per heavy atom. The van der Waals surface area contributed by atoms with Crippen LogP contribution < -0.4 is 20.7 Å². The fraction of sp³-hybridized carbons (Fsp3) is 0.333. The van der Waals surface area contributed by atoms with Crippen molar-refractivity contribution < 1.29 is 22.8 Å². The van der Waals surface area contributed by atoms with E-state index in [1.807, 2.05) is 5.32 Å². The summed E-state index contributed by atoms with van der Waals surface area (Å²) in [6.07, 6.45) is 3.03. The van der Waals surface area contributed by atoms with E-state index in [9.17, 15) is 14.0 Å². The van der Waals surface area contributed by atoms with Crippen molar-refractivity contribution in [3.05, 3.63) is 36.2 Å². The summed E-state index contributed by atoms with van der Waals surface area (Å²) in [5.41, 5.74) is 1.11. The Bertz CT molecular complexity index is 1280. The highest BCUT2D eigenvalue weighted by molar-refractivity contribution is 6.00. The molecule has 12 heteroatoms. The van der Waals surface area contributed by atoms with E-state index < -0.39 is 19.6 Å². The van der Waals surface area contributed by atoms with Gasteiger partial charge < -0.3 is 20.7 Å². The second kappa shape index (κ2) is 9.59. The second-order valence-corrected chi connectivity index (χ2v) is 7.24. The Labute approximate surface area is 192 Å². The zero-order valence-electron chi connectivity index (χ0n) is 20.6. The molecule has 3 N–H and O–H groups in total. The maximum Gasteiger partial charge on any atom is 0.273 e. The van der Waals surface area contributed by atoms with Crippen molar-refractivity contribution in [3.63, 3.8) is 0 Å². The zero-order valence-corrected chi connectivity index (χ0v) is 17.6. The molecule has 2 heterocycles. The lowest BCUT2D eigenvalue weighted by atomic mass is 10.1. The van der Waals surface area contributed by atoms with Crippen LogP contribution in [0.4, 0.5) is 21.6 Å². The molecule has 0 atom stereocenters. The van der Waals surface area contributed by atoms with E-state index >= 15 is 0 Å². The topological polar surface area (TPSA) is 136 Å². The van der Waals surface area contributed by atoms with Crippen molar-refractivity contribution in [1.82, 2.24) is 30.5 Å². The average Bonchev–Trinajstić information content (AvgIpc) is 3.57. The van der Waals surface area contributed by atoms with Crippen molar-refractivity contribution in [2.24, 2.45) is 5.92 Å². The van der Waals surface area contributed by atoms with Crippen LogP contribution in [0.25, 0.3) is 11.3 Å². The summed E-state index contributed by atoms with van der Waals surface area (Å²) >= 11 is 0. The third kappa shape index (κ3) is 4.89. The number of hydrogen-bond donors (Lipinski definition) is 3. The van der Waals surface area contributed by atoms with Gasteiger partial charge >= 0.3 is 0 Å². The van der Waals surface area contributed by atoms with Gasteiger partial charge in [-0.2, -0.15) is 15.0 Å². The molecule has 1 aliphatic carbocycles. The Kier molecular flexibility index (Phi) is 5.37. The quantitative estimate of drug-likeness (QED) is 0.445. The van der Waals surface area contributed by atoms with Crippen LogP contribution in [0.15, 0.2) is 30.5 Å². The van der Waals surface area contributed by atoms with E-state index in [0.29, 0.717) is 22.7 Å². The minimum Gasteiger partial charge on any atom is -0.494 e. The van der Waals surface area contributed by atoms with Crippen LogP contribution in [0, 0.1) is 5.92 Å². The van der Waals surface area contributed by atoms with Gasteiger partial charge in [0.15, 0.2) is 17.3 Å². The fourth-order valence-electron chi connectivity index (χ4n) is 3.16. The van der Waals surface area contributed by atoms with Gasteiger partial charge in [-0.3, -0.25) is 9.59 Å². The number of carbonyl (C=O) groups excluding carboxylic acids is 2. The number of nitrogens with zero attached hydrogens (tertiary/aromatic N) is 5. The van der Waals surface area contributed by atoms with E-state index in [1.54, 1.807) is 18.2 Å². The number of amides is 2. The maximum absolute atomic E-state index is 12.7. The van der Waals surface area contributed by atoms with E-state index in [4.69, 9.17) is 8.85 Å². The first-order chi connectivity index (χ1) is 17.2. The number of ether oxygens (including phenoxy) is 1. The molecule has 1 fully saturated rings. The molecule has 33 heavy (non-hydrogen) atoms. The van der Waals surface area contributed by atoms with E-state index in [2.05, 4.69) is 31.0 Å². The molecule has 1 aliphatic rings. The maximum atomic E-state index is 12.7. The summed E-state index contributed by atoms with van der Waals surface area (Å²) < 4.78 is 40.2. The number of anilines is 3. The number of halogens is 1. The first-order valence-corrected chi connectivity index (χ1v) is 10.1. The normalized spacial score (nSPS) is 14.5. The van der Waals surface area contributed by atoms with Gasteiger partial charge in [-0.1, -0.05) is 6.07 Å². The van der Waals surface area contributed by atoms with E-state index in [-0.39, 0.29) is 35.6 Å². The van der Waals surface area contributed by atoms with Crippen molar-refractivity contribution in [3.8, 4) is 17.0 Å². The SMILES string of the molecule is [2H]C([2H])([2H])NC(=O)c1nnc(NC(=O)C2CC2)cc1Nc1cccc(-c2cnn(CCF)n2)c1OC. The molecule has 1 saturated carbocycles. The lowest BCUT2D eigenvalue weighted by Crippen LogP contribution is -2.22. The lowest BCUT2D eigenvalue weighted by molar-refractivity contribution is -0.117. The Hall–Kier alpha value is -4.09. The number of para-hydroxylation sites is 1. The molecule has 0 spiro atoms. The molecule has 0 aliphatic heterocycles. The molecule has 2 amide bonds. The first-order valence-electron chi connectivity index (χ1n) is 11.6. The predicted molar refractivity (Wildman–Crippen MR) is 118 cm³/mol. The van der Waals surface area contributed by atoms with Crippen molar-refractivity contribution in [2.45, 2.75) is 19.4 Å². The number of alkyl halides is 1. The van der Waals surface area contributed by atoms with Crippen molar-refractivity contribution in [2.75, 3.05) is 31.4 Å². The highest BCUT2D eigenvalue weighted by Gasteiger charge is 2.30. The van der Waals surface area contributed by atoms with E-state index in [1.165, 1.54) is 24.2 Å². The van der Waals surface area contributed by atoms with Gasteiger partial charge in [0.1, 0.15) is 12.4 Å². The standard InChI is InChI=1S/C21H23FN8O3/c1-23-21(32)18-15(10-17(27-28-18)26-20(31)12-6-7-12)25-14-5-3-4-13(19(14)33-2)16-11-24-30(29-16)9-8-22/h3-5,10-12H,6-9H2,1-2H3,(H,23,32)(H2,25,26,27,31)/i1D3. The van der Waals surface area contributed by atoms with Gasteiger partial charge in [0.25, 0.3) is 5.91 Å². The van der Waals surface area contributed by atoms with Crippen LogP contribution in [-0.2, 0) is 11.3 Å². The van der Waals surface area contributed by atoms with Crippen LogP contribution in [0.3, 0.4) is 0 Å². The fourth-order valence-corrected chi connectivity index (χ4v) is 3.16. The number of methoxy groups -OCH3 is 1. The van der Waals surface area contributed by atoms with Crippen LogP contribution in [0.5, 0.6) is 5.75 Å². The van der Waals surface area contributed by atoms with Gasteiger partial charge in [-0.15, -0.1) is 10.2 Å². The minimum atomic E-state index is -2.75. The average molecular weight is 457 g/mol. The molecule has 0 bridgehead atoms. The van der Waals surface area contributed by atoms with Crippen LogP contribution in [0.2, 0.25) is 0 Å². The third-order valence-corrected chi connectivity index (χ3v) is 4.91. The first kappa shape index (κ1) is 18.5. The summed E-state index contributed by atoms with van der Waals surface area (Å²) in [5, 5.41) is 23.5. The summed E-state index contributed by atoms with van der Waals surface area (Å²) in [5.74, 6) is -0.888. The van der Waals surface area contributed by atoms with Gasteiger partial charge in [0, 0.05) is 28.6 Å². The van der Waals surface area contributed by atoms with Crippen LogP contribution in [0.1, 0.15) is 27.4 Å². The summed E-state index contributed by atoms with van der Waals surface area (Å²) in [6, 6.07) is 6.46. The number of carbonyl (C=O) groups is 2. The predicted octanol–water partition coefficient (Wildman–Crippen LogP) is 2.16. The molecule has 4 rings (SSSR count). The molecular weight excluding hydrogens is 431 g/mol.